The number of amides is 3. The van der Waals surface area contributed by atoms with Gasteiger partial charge in [0.25, 0.3) is 0 Å². The van der Waals surface area contributed by atoms with Gasteiger partial charge in [-0.3, -0.25) is 19.7 Å². The topological polar surface area (TPSA) is 127 Å². The molecule has 3 rings (SSSR count). The smallest absolute Gasteiger partial charge is 0.230 e. The fourth-order valence-corrected chi connectivity index (χ4v) is 4.76. The average molecular weight is 531 g/mol. The maximum atomic E-state index is 12.4. The zero-order valence-corrected chi connectivity index (χ0v) is 22.1. The molecule has 0 aliphatic carbocycles. The van der Waals surface area contributed by atoms with Crippen LogP contribution in [0.3, 0.4) is 0 Å². The lowest BCUT2D eigenvalue weighted by molar-refractivity contribution is -0.125. The SMILES string of the molecule is COc1cccc(CNC(=O)CC2CC(=O)NC(SCC(=O)NCCc3ccc(OC)c(OC)c3)N2)c1. The van der Waals surface area contributed by atoms with Crippen molar-refractivity contribution in [2.24, 2.45) is 0 Å². The Bertz CT molecular complexity index is 1080. The molecule has 11 heteroatoms. The van der Waals surface area contributed by atoms with Crippen LogP contribution >= 0.6 is 11.8 Å². The molecule has 2 atom stereocenters. The van der Waals surface area contributed by atoms with Crippen molar-refractivity contribution in [2.75, 3.05) is 33.6 Å². The fraction of sp³-hybridized carbons (Fsp3) is 0.423. The molecule has 1 saturated heterocycles. The molecule has 0 spiro atoms. The number of rotatable bonds is 13. The highest BCUT2D eigenvalue weighted by atomic mass is 32.2. The maximum Gasteiger partial charge on any atom is 0.230 e. The van der Waals surface area contributed by atoms with Crippen LogP contribution in [0.2, 0.25) is 0 Å². The standard InChI is InChI=1S/C26H34N4O6S/c1-34-20-6-4-5-18(11-20)15-28-23(31)13-19-14-24(32)30-26(29-19)37-16-25(33)27-10-9-17-7-8-21(35-2)22(12-17)36-3/h4-8,11-12,19,26,29H,9-10,13-16H2,1-3H3,(H,27,33)(H,28,31)(H,30,32). The number of methoxy groups -OCH3 is 3. The highest BCUT2D eigenvalue weighted by molar-refractivity contribution is 8.00. The number of benzene rings is 2. The molecule has 2 unspecified atom stereocenters. The molecule has 200 valence electrons. The predicted octanol–water partition coefficient (Wildman–Crippen LogP) is 1.57. The monoisotopic (exact) mass is 530 g/mol. The van der Waals surface area contributed by atoms with Crippen LogP contribution in [0.5, 0.6) is 17.2 Å². The van der Waals surface area contributed by atoms with Gasteiger partial charge >= 0.3 is 0 Å². The summed E-state index contributed by atoms with van der Waals surface area (Å²) in [7, 11) is 4.76. The fourth-order valence-electron chi connectivity index (χ4n) is 3.84. The van der Waals surface area contributed by atoms with Gasteiger partial charge < -0.3 is 30.2 Å². The van der Waals surface area contributed by atoms with Crippen molar-refractivity contribution < 1.29 is 28.6 Å². The van der Waals surface area contributed by atoms with Crippen molar-refractivity contribution >= 4 is 29.5 Å². The molecule has 0 radical (unpaired) electrons. The second-order valence-corrected chi connectivity index (χ2v) is 9.54. The van der Waals surface area contributed by atoms with E-state index in [-0.39, 0.29) is 42.4 Å². The molecule has 1 fully saturated rings. The quantitative estimate of drug-likeness (QED) is 0.308. The van der Waals surface area contributed by atoms with E-state index >= 15 is 0 Å². The molecule has 0 saturated carbocycles. The molecule has 2 aromatic carbocycles. The molecule has 0 bridgehead atoms. The Balaban J connectivity index is 1.37. The number of carbonyl (C=O) groups excluding carboxylic acids is 3. The first kappa shape index (κ1) is 28.1. The van der Waals surface area contributed by atoms with E-state index in [2.05, 4.69) is 21.3 Å². The second-order valence-electron chi connectivity index (χ2n) is 8.45. The molecule has 4 N–H and O–H groups in total. The Kier molecular flexibility index (Phi) is 10.9. The molecule has 1 aliphatic heterocycles. The molecule has 0 aromatic heterocycles. The second kappa shape index (κ2) is 14.3. The number of hydrogen-bond donors (Lipinski definition) is 4. The Hall–Kier alpha value is -3.44. The van der Waals surface area contributed by atoms with Crippen LogP contribution in [-0.2, 0) is 27.3 Å². The van der Waals surface area contributed by atoms with Crippen LogP contribution in [0.1, 0.15) is 24.0 Å². The van der Waals surface area contributed by atoms with E-state index in [4.69, 9.17) is 14.2 Å². The van der Waals surface area contributed by atoms with Gasteiger partial charge in [-0.2, -0.15) is 0 Å². The molecule has 37 heavy (non-hydrogen) atoms. The summed E-state index contributed by atoms with van der Waals surface area (Å²) in [5.41, 5.74) is 1.49. The lowest BCUT2D eigenvalue weighted by Gasteiger charge is -2.30. The van der Waals surface area contributed by atoms with Gasteiger partial charge in [-0.1, -0.05) is 18.2 Å². The summed E-state index contributed by atoms with van der Waals surface area (Å²) in [5.74, 6) is 1.73. The summed E-state index contributed by atoms with van der Waals surface area (Å²) in [6.07, 6.45) is 0.995. The van der Waals surface area contributed by atoms with Crippen molar-refractivity contribution in [1.82, 2.24) is 21.3 Å². The van der Waals surface area contributed by atoms with Crippen molar-refractivity contribution in [2.45, 2.75) is 37.3 Å². The zero-order chi connectivity index (χ0) is 26.6. The highest BCUT2D eigenvalue weighted by Gasteiger charge is 2.28. The number of hydrogen-bond acceptors (Lipinski definition) is 8. The summed E-state index contributed by atoms with van der Waals surface area (Å²) in [6.45, 7) is 0.839. The van der Waals surface area contributed by atoms with Crippen LogP contribution in [0, 0.1) is 0 Å². The van der Waals surface area contributed by atoms with Crippen LogP contribution in [0.15, 0.2) is 42.5 Å². The summed E-state index contributed by atoms with van der Waals surface area (Å²) < 4.78 is 15.7. The van der Waals surface area contributed by atoms with E-state index in [1.807, 2.05) is 42.5 Å². The largest absolute Gasteiger partial charge is 0.497 e. The predicted molar refractivity (Wildman–Crippen MR) is 142 cm³/mol. The molecule has 10 nitrogen and oxygen atoms in total. The van der Waals surface area contributed by atoms with Gasteiger partial charge in [0.15, 0.2) is 11.5 Å². The lowest BCUT2D eigenvalue weighted by Crippen LogP contribution is -2.56. The summed E-state index contributed by atoms with van der Waals surface area (Å²) >= 11 is 1.27. The first-order valence-electron chi connectivity index (χ1n) is 11.9. The summed E-state index contributed by atoms with van der Waals surface area (Å²) in [6, 6.07) is 12.8. The molecule has 2 aromatic rings. The molecule has 1 heterocycles. The molecular weight excluding hydrogens is 496 g/mol. The number of carbonyl (C=O) groups is 3. The van der Waals surface area contributed by atoms with E-state index in [0.717, 1.165) is 16.9 Å². The number of thioether (sulfide) groups is 1. The highest BCUT2D eigenvalue weighted by Crippen LogP contribution is 2.27. The van der Waals surface area contributed by atoms with Crippen LogP contribution in [-0.4, -0.2) is 62.9 Å². The van der Waals surface area contributed by atoms with Gasteiger partial charge in [-0.05, 0) is 41.8 Å². The summed E-state index contributed by atoms with van der Waals surface area (Å²) in [4.78, 5) is 36.9. The third-order valence-corrected chi connectivity index (χ3v) is 6.75. The van der Waals surface area contributed by atoms with Gasteiger partial charge in [0.1, 0.15) is 11.2 Å². The first-order chi connectivity index (χ1) is 17.9. The van der Waals surface area contributed by atoms with Gasteiger partial charge in [-0.15, -0.1) is 11.8 Å². The Labute approximate surface area is 221 Å². The van der Waals surface area contributed by atoms with Crippen molar-refractivity contribution in [1.29, 1.82) is 0 Å². The molecular formula is C26H34N4O6S. The lowest BCUT2D eigenvalue weighted by atomic mass is 10.1. The van der Waals surface area contributed by atoms with Gasteiger partial charge in [0.2, 0.25) is 17.7 Å². The normalized spacial score (nSPS) is 16.9. The molecule has 3 amide bonds. The van der Waals surface area contributed by atoms with Crippen LogP contribution in [0.4, 0.5) is 0 Å². The Morgan fingerprint density at radius 3 is 2.54 bits per heavy atom. The average Bonchev–Trinajstić information content (AvgIpc) is 2.90. The van der Waals surface area contributed by atoms with E-state index < -0.39 is 5.50 Å². The third kappa shape index (κ3) is 9.18. The van der Waals surface area contributed by atoms with Crippen molar-refractivity contribution in [3.63, 3.8) is 0 Å². The van der Waals surface area contributed by atoms with Gasteiger partial charge in [0, 0.05) is 32.0 Å². The summed E-state index contributed by atoms with van der Waals surface area (Å²) in [5, 5.41) is 11.8. The minimum atomic E-state index is -0.450. The van der Waals surface area contributed by atoms with Gasteiger partial charge in [0.05, 0.1) is 27.1 Å². The van der Waals surface area contributed by atoms with Crippen LogP contribution < -0.4 is 35.5 Å². The maximum absolute atomic E-state index is 12.4. The Morgan fingerprint density at radius 2 is 1.78 bits per heavy atom. The number of nitrogens with one attached hydrogen (secondary N) is 4. The van der Waals surface area contributed by atoms with E-state index in [0.29, 0.717) is 31.0 Å². The Morgan fingerprint density at radius 1 is 0.973 bits per heavy atom. The van der Waals surface area contributed by atoms with Crippen molar-refractivity contribution in [3.05, 3.63) is 53.6 Å². The van der Waals surface area contributed by atoms with Crippen molar-refractivity contribution in [3.8, 4) is 17.2 Å². The number of ether oxygens (including phenoxy) is 3. The van der Waals surface area contributed by atoms with Gasteiger partial charge in [-0.25, -0.2) is 0 Å². The van der Waals surface area contributed by atoms with E-state index in [9.17, 15) is 14.4 Å². The zero-order valence-electron chi connectivity index (χ0n) is 21.3. The van der Waals surface area contributed by atoms with E-state index in [1.54, 1.807) is 21.3 Å². The van der Waals surface area contributed by atoms with E-state index in [1.165, 1.54) is 11.8 Å². The first-order valence-corrected chi connectivity index (χ1v) is 13.0. The minimum absolute atomic E-state index is 0.139. The third-order valence-electron chi connectivity index (χ3n) is 5.73. The minimum Gasteiger partial charge on any atom is -0.497 e. The molecule has 1 aliphatic rings. The van der Waals surface area contributed by atoms with Crippen LogP contribution in [0.25, 0.3) is 0 Å².